The highest BCUT2D eigenvalue weighted by atomic mass is 32.2. The Hall–Kier alpha value is -1.54. The molecule has 0 N–H and O–H groups in total. The Kier molecular flexibility index (Phi) is 4.81. The summed E-state index contributed by atoms with van der Waals surface area (Å²) in [6.45, 7) is 3.74. The Bertz CT molecular complexity index is 583. The number of methoxy groups -OCH3 is 2. The first-order valence-corrected chi connectivity index (χ1v) is 8.12. The van der Waals surface area contributed by atoms with Crippen molar-refractivity contribution in [1.82, 2.24) is 9.80 Å². The maximum Gasteiger partial charge on any atom is 0.346 e. The van der Waals surface area contributed by atoms with E-state index < -0.39 is 0 Å². The second-order valence-corrected chi connectivity index (χ2v) is 6.74. The molecule has 0 bridgehead atoms. The molecule has 0 aromatic heterocycles. The molecular formula is C14H18N2O4S2. The minimum absolute atomic E-state index is 0.353. The van der Waals surface area contributed by atoms with Gasteiger partial charge in [0.05, 0.1) is 14.2 Å². The number of hydrogen-bond donors (Lipinski definition) is 0. The summed E-state index contributed by atoms with van der Waals surface area (Å²) in [4.78, 5) is 28.7. The predicted octanol–water partition coefficient (Wildman–Crippen LogP) is 2.28. The zero-order valence-corrected chi connectivity index (χ0v) is 15.0. The molecule has 0 atom stereocenters. The van der Waals surface area contributed by atoms with E-state index in [1.54, 1.807) is 0 Å². The van der Waals surface area contributed by atoms with Crippen LogP contribution >= 0.6 is 23.5 Å². The summed E-state index contributed by atoms with van der Waals surface area (Å²) in [5.74, 6) is -0.707. The van der Waals surface area contributed by atoms with Gasteiger partial charge < -0.3 is 19.3 Å². The molecule has 0 saturated carbocycles. The average molecular weight is 342 g/mol. The van der Waals surface area contributed by atoms with Crippen LogP contribution < -0.4 is 0 Å². The molecule has 0 aromatic carbocycles. The zero-order chi connectivity index (χ0) is 16.6. The van der Waals surface area contributed by atoms with E-state index in [1.807, 2.05) is 37.7 Å². The molecule has 2 aliphatic heterocycles. The van der Waals surface area contributed by atoms with Crippen LogP contribution in [-0.4, -0.2) is 50.1 Å². The van der Waals surface area contributed by atoms with Gasteiger partial charge in [-0.15, -0.1) is 0 Å². The summed E-state index contributed by atoms with van der Waals surface area (Å²) in [6.07, 6.45) is 0. The molecule has 0 amide bonds. The normalized spacial score (nSPS) is 21.9. The summed E-state index contributed by atoms with van der Waals surface area (Å²) in [7, 11) is 6.51. The SMILES string of the molecule is COC(=O)C1=C(C)N(C)/C(=C2\SC(C(=O)OC)=C(C)N2C)S1. The third-order valence-corrected chi connectivity index (χ3v) is 6.38. The van der Waals surface area contributed by atoms with Crippen LogP contribution in [-0.2, 0) is 19.1 Å². The Morgan fingerprint density at radius 1 is 0.818 bits per heavy atom. The third kappa shape index (κ3) is 2.61. The highest BCUT2D eigenvalue weighted by molar-refractivity contribution is 8.11. The summed E-state index contributed by atoms with van der Waals surface area (Å²) < 4.78 is 9.63. The average Bonchev–Trinajstić information content (AvgIpc) is 2.97. The first kappa shape index (κ1) is 16.8. The van der Waals surface area contributed by atoms with Crippen LogP contribution in [0.3, 0.4) is 0 Å². The van der Waals surface area contributed by atoms with Gasteiger partial charge in [-0.1, -0.05) is 23.5 Å². The van der Waals surface area contributed by atoms with Crippen molar-refractivity contribution in [3.05, 3.63) is 31.3 Å². The first-order chi connectivity index (χ1) is 10.3. The standard InChI is InChI=1S/C14H18N2O4S2/c1-7-9(13(17)19-5)21-11(15(7)3)12-16(4)8(2)10(22-12)14(18)20-6/h1-6H3/b12-11+. The molecule has 2 heterocycles. The van der Waals surface area contributed by atoms with Crippen molar-refractivity contribution in [2.45, 2.75) is 13.8 Å². The van der Waals surface area contributed by atoms with Crippen molar-refractivity contribution in [1.29, 1.82) is 0 Å². The maximum absolute atomic E-state index is 11.8. The minimum Gasteiger partial charge on any atom is -0.465 e. The van der Waals surface area contributed by atoms with E-state index in [4.69, 9.17) is 9.47 Å². The number of esters is 2. The molecule has 0 unspecified atom stereocenters. The fraction of sp³-hybridized carbons (Fsp3) is 0.429. The molecule has 2 aliphatic rings. The number of thioether (sulfide) groups is 2. The number of ether oxygens (including phenoxy) is 2. The largest absolute Gasteiger partial charge is 0.465 e. The molecule has 22 heavy (non-hydrogen) atoms. The monoisotopic (exact) mass is 342 g/mol. The Morgan fingerprint density at radius 2 is 1.14 bits per heavy atom. The molecule has 0 radical (unpaired) electrons. The van der Waals surface area contributed by atoms with Crippen LogP contribution in [0.25, 0.3) is 0 Å². The number of rotatable bonds is 2. The van der Waals surface area contributed by atoms with Crippen LogP contribution in [0.1, 0.15) is 13.8 Å². The topological polar surface area (TPSA) is 59.1 Å². The number of hydrogen-bond acceptors (Lipinski definition) is 8. The van der Waals surface area contributed by atoms with Gasteiger partial charge in [0, 0.05) is 25.5 Å². The van der Waals surface area contributed by atoms with Gasteiger partial charge in [0.2, 0.25) is 0 Å². The fourth-order valence-corrected chi connectivity index (χ4v) is 4.56. The molecular weight excluding hydrogens is 324 g/mol. The van der Waals surface area contributed by atoms with E-state index >= 15 is 0 Å². The summed E-state index contributed by atoms with van der Waals surface area (Å²) in [6, 6.07) is 0. The van der Waals surface area contributed by atoms with Crippen molar-refractivity contribution in [3.63, 3.8) is 0 Å². The highest BCUT2D eigenvalue weighted by Crippen LogP contribution is 2.50. The van der Waals surface area contributed by atoms with Crippen LogP contribution in [0.5, 0.6) is 0 Å². The zero-order valence-electron chi connectivity index (χ0n) is 13.3. The molecule has 0 aromatic rings. The lowest BCUT2D eigenvalue weighted by molar-refractivity contribution is -0.136. The molecule has 6 nitrogen and oxygen atoms in total. The van der Waals surface area contributed by atoms with Crippen LogP contribution in [0.15, 0.2) is 31.3 Å². The van der Waals surface area contributed by atoms with Gasteiger partial charge in [-0.05, 0) is 13.8 Å². The molecule has 0 aliphatic carbocycles. The van der Waals surface area contributed by atoms with Gasteiger partial charge in [0.1, 0.15) is 19.9 Å². The first-order valence-electron chi connectivity index (χ1n) is 6.49. The van der Waals surface area contributed by atoms with Gasteiger partial charge in [-0.25, -0.2) is 9.59 Å². The number of nitrogens with zero attached hydrogens (tertiary/aromatic N) is 2. The van der Waals surface area contributed by atoms with Crippen molar-refractivity contribution in [3.8, 4) is 0 Å². The Morgan fingerprint density at radius 3 is 1.41 bits per heavy atom. The highest BCUT2D eigenvalue weighted by Gasteiger charge is 2.36. The molecule has 120 valence electrons. The quantitative estimate of drug-likeness (QED) is 0.709. The van der Waals surface area contributed by atoms with Crippen molar-refractivity contribution in [2.24, 2.45) is 0 Å². The maximum atomic E-state index is 11.8. The van der Waals surface area contributed by atoms with E-state index in [0.29, 0.717) is 9.81 Å². The van der Waals surface area contributed by atoms with Crippen LogP contribution in [0.2, 0.25) is 0 Å². The summed E-state index contributed by atoms with van der Waals surface area (Å²) in [5, 5.41) is 1.78. The van der Waals surface area contributed by atoms with Crippen molar-refractivity contribution in [2.75, 3.05) is 28.3 Å². The Labute approximate surface area is 138 Å². The van der Waals surface area contributed by atoms with E-state index in [-0.39, 0.29) is 11.9 Å². The molecule has 0 fully saturated rings. The van der Waals surface area contributed by atoms with E-state index in [2.05, 4.69) is 0 Å². The fourth-order valence-electron chi connectivity index (χ4n) is 2.03. The molecule has 0 saturated heterocycles. The lowest BCUT2D eigenvalue weighted by Gasteiger charge is -2.21. The van der Waals surface area contributed by atoms with E-state index in [9.17, 15) is 9.59 Å². The van der Waals surface area contributed by atoms with E-state index in [0.717, 1.165) is 21.5 Å². The number of allylic oxidation sites excluding steroid dienone is 2. The number of carbonyl (C=O) groups is 2. The van der Waals surface area contributed by atoms with Gasteiger partial charge in [-0.3, -0.25) is 0 Å². The molecule has 2 rings (SSSR count). The molecule has 0 spiro atoms. The van der Waals surface area contributed by atoms with E-state index in [1.165, 1.54) is 37.7 Å². The van der Waals surface area contributed by atoms with Crippen LogP contribution in [0.4, 0.5) is 0 Å². The third-order valence-electron chi connectivity index (χ3n) is 3.59. The van der Waals surface area contributed by atoms with Gasteiger partial charge in [0.25, 0.3) is 0 Å². The van der Waals surface area contributed by atoms with Crippen LogP contribution in [0, 0.1) is 0 Å². The lowest BCUT2D eigenvalue weighted by Crippen LogP contribution is -2.16. The van der Waals surface area contributed by atoms with Gasteiger partial charge in [-0.2, -0.15) is 0 Å². The predicted molar refractivity (Wildman–Crippen MR) is 87.2 cm³/mol. The lowest BCUT2D eigenvalue weighted by atomic mass is 10.4. The molecule has 8 heteroatoms. The smallest absolute Gasteiger partial charge is 0.346 e. The number of carbonyl (C=O) groups excluding carboxylic acids is 2. The van der Waals surface area contributed by atoms with Gasteiger partial charge >= 0.3 is 11.9 Å². The second kappa shape index (κ2) is 6.29. The minimum atomic E-state index is -0.353. The second-order valence-electron chi connectivity index (χ2n) is 4.74. The van der Waals surface area contributed by atoms with Crippen molar-refractivity contribution >= 4 is 35.5 Å². The van der Waals surface area contributed by atoms with Crippen molar-refractivity contribution < 1.29 is 19.1 Å². The summed E-state index contributed by atoms with van der Waals surface area (Å²) in [5.41, 5.74) is 1.66. The Balaban J connectivity index is 2.36. The summed E-state index contributed by atoms with van der Waals surface area (Å²) >= 11 is 2.71. The van der Waals surface area contributed by atoms with Gasteiger partial charge in [0.15, 0.2) is 0 Å².